The van der Waals surface area contributed by atoms with Crippen LogP contribution >= 0.6 is 11.3 Å². The second-order valence-electron chi connectivity index (χ2n) is 6.46. The van der Waals surface area contributed by atoms with Gasteiger partial charge >= 0.3 is 0 Å². The molecule has 1 aliphatic rings. The number of fused-ring (bicyclic) bond motifs is 2. The molecule has 0 fully saturated rings. The first kappa shape index (κ1) is 16.8. The van der Waals surface area contributed by atoms with Gasteiger partial charge in [0.2, 0.25) is 0 Å². The van der Waals surface area contributed by atoms with Gasteiger partial charge in [-0.2, -0.15) is 5.10 Å². The summed E-state index contributed by atoms with van der Waals surface area (Å²) in [6.07, 6.45) is 1.51. The molecule has 7 nitrogen and oxygen atoms in total. The number of aromatic nitrogens is 3. The minimum absolute atomic E-state index is 0.269. The summed E-state index contributed by atoms with van der Waals surface area (Å²) >= 11 is 1.45. The molecule has 3 heterocycles. The van der Waals surface area contributed by atoms with Crippen molar-refractivity contribution in [3.63, 3.8) is 0 Å². The van der Waals surface area contributed by atoms with E-state index in [0.29, 0.717) is 41.1 Å². The Hall–Kier alpha value is -3.39. The van der Waals surface area contributed by atoms with E-state index >= 15 is 0 Å². The molecule has 4 aromatic rings. The Morgan fingerprint density at radius 1 is 1.14 bits per heavy atom. The van der Waals surface area contributed by atoms with Crippen LogP contribution in [0.5, 0.6) is 11.5 Å². The molecule has 28 heavy (non-hydrogen) atoms. The van der Waals surface area contributed by atoms with Crippen LogP contribution in [0.15, 0.2) is 42.6 Å². The average Bonchev–Trinajstić information content (AvgIpc) is 3.34. The molecule has 0 aliphatic carbocycles. The normalized spacial score (nSPS) is 12.9. The molecule has 0 spiro atoms. The minimum Gasteiger partial charge on any atom is -0.486 e. The first-order valence-corrected chi connectivity index (χ1v) is 9.61. The lowest BCUT2D eigenvalue weighted by atomic mass is 10.1. The van der Waals surface area contributed by atoms with Gasteiger partial charge in [-0.1, -0.05) is 17.4 Å². The lowest BCUT2D eigenvalue weighted by molar-refractivity contribution is 0.102. The topological polar surface area (TPSA) is 89.1 Å². The molecule has 1 aliphatic heterocycles. The van der Waals surface area contributed by atoms with Gasteiger partial charge in [0, 0.05) is 5.56 Å². The molecule has 2 aromatic carbocycles. The number of nitrogens with zero attached hydrogens (tertiary/aromatic N) is 2. The maximum Gasteiger partial charge on any atom is 0.261 e. The predicted molar refractivity (Wildman–Crippen MR) is 107 cm³/mol. The van der Waals surface area contributed by atoms with Gasteiger partial charge in [0.25, 0.3) is 5.91 Å². The van der Waals surface area contributed by atoms with Crippen LogP contribution in [0.2, 0.25) is 0 Å². The van der Waals surface area contributed by atoms with E-state index in [0.717, 1.165) is 21.3 Å². The van der Waals surface area contributed by atoms with Gasteiger partial charge in [-0.25, -0.2) is 4.98 Å². The van der Waals surface area contributed by atoms with E-state index < -0.39 is 0 Å². The summed E-state index contributed by atoms with van der Waals surface area (Å²) in [5, 5.41) is 10.4. The molecular weight excluding hydrogens is 376 g/mol. The number of rotatable bonds is 3. The smallest absolute Gasteiger partial charge is 0.261 e. The third kappa shape index (κ3) is 2.97. The number of hydrogen-bond donors (Lipinski definition) is 2. The van der Waals surface area contributed by atoms with Crippen molar-refractivity contribution in [3.8, 4) is 22.8 Å². The number of hydrogen-bond acceptors (Lipinski definition) is 6. The predicted octanol–water partition coefficient (Wildman–Crippen LogP) is 4.02. The Bertz CT molecular complexity index is 1200. The van der Waals surface area contributed by atoms with E-state index in [9.17, 15) is 4.79 Å². The van der Waals surface area contributed by atoms with Crippen molar-refractivity contribution >= 4 is 32.6 Å². The Labute approximate surface area is 164 Å². The van der Waals surface area contributed by atoms with Crippen molar-refractivity contribution < 1.29 is 14.3 Å². The molecule has 0 saturated carbocycles. The highest BCUT2D eigenvalue weighted by molar-refractivity contribution is 7.22. The van der Waals surface area contributed by atoms with Gasteiger partial charge in [-0.15, -0.1) is 0 Å². The fraction of sp³-hybridized carbons (Fsp3) is 0.150. The highest BCUT2D eigenvalue weighted by atomic mass is 32.1. The number of benzene rings is 2. The van der Waals surface area contributed by atoms with E-state index in [2.05, 4.69) is 26.6 Å². The fourth-order valence-corrected chi connectivity index (χ4v) is 4.09. The maximum absolute atomic E-state index is 12.8. The Kier molecular flexibility index (Phi) is 3.98. The van der Waals surface area contributed by atoms with E-state index in [1.165, 1.54) is 17.5 Å². The molecule has 0 atom stereocenters. The van der Waals surface area contributed by atoms with Gasteiger partial charge in [-0.3, -0.25) is 15.2 Å². The Morgan fingerprint density at radius 2 is 2.00 bits per heavy atom. The van der Waals surface area contributed by atoms with Crippen molar-refractivity contribution in [1.29, 1.82) is 0 Å². The van der Waals surface area contributed by atoms with Crippen LogP contribution in [0.4, 0.5) is 5.13 Å². The summed E-state index contributed by atoms with van der Waals surface area (Å²) in [6, 6.07) is 11.6. The molecule has 0 radical (unpaired) electrons. The number of nitrogens with one attached hydrogen (secondary N) is 2. The molecule has 0 saturated heterocycles. The summed E-state index contributed by atoms with van der Waals surface area (Å²) in [6.45, 7) is 3.07. The largest absolute Gasteiger partial charge is 0.486 e. The number of carbonyl (C=O) groups excluding carboxylic acids is 1. The molecule has 8 heteroatoms. The molecule has 1 amide bonds. The lowest BCUT2D eigenvalue weighted by Crippen LogP contribution is -2.15. The zero-order chi connectivity index (χ0) is 19.1. The van der Waals surface area contributed by atoms with Gasteiger partial charge in [0.1, 0.15) is 13.2 Å². The van der Waals surface area contributed by atoms with Gasteiger partial charge < -0.3 is 9.47 Å². The van der Waals surface area contributed by atoms with Crippen molar-refractivity contribution in [2.24, 2.45) is 0 Å². The third-order valence-electron chi connectivity index (χ3n) is 4.48. The van der Waals surface area contributed by atoms with Crippen LogP contribution in [-0.2, 0) is 0 Å². The number of anilines is 1. The highest BCUT2D eigenvalue weighted by Gasteiger charge is 2.19. The molecular formula is C20H16N4O3S. The summed E-state index contributed by atoms with van der Waals surface area (Å²) in [7, 11) is 0. The molecule has 2 N–H and O–H groups in total. The zero-order valence-corrected chi connectivity index (χ0v) is 15.8. The van der Waals surface area contributed by atoms with Crippen molar-refractivity contribution in [2.45, 2.75) is 6.92 Å². The van der Waals surface area contributed by atoms with Crippen LogP contribution in [0.25, 0.3) is 21.5 Å². The standard InChI is InChI=1S/C20H16N4O3S/c1-11-2-4-14-17(8-11)28-20(22-14)23-19(25)13-10-21-24-18(13)12-3-5-15-16(9-12)27-7-6-26-15/h2-5,8-10H,6-7H2,1H3,(H,21,24)(H,22,23,25). The summed E-state index contributed by atoms with van der Waals surface area (Å²) in [4.78, 5) is 17.3. The number of H-pyrrole nitrogens is 1. The summed E-state index contributed by atoms with van der Waals surface area (Å²) in [5.41, 5.74) is 3.88. The van der Waals surface area contributed by atoms with Crippen molar-refractivity contribution in [3.05, 3.63) is 53.7 Å². The van der Waals surface area contributed by atoms with Crippen LogP contribution < -0.4 is 14.8 Å². The number of aryl methyl sites for hydroxylation is 1. The first-order valence-electron chi connectivity index (χ1n) is 8.79. The first-order chi connectivity index (χ1) is 13.7. The van der Waals surface area contributed by atoms with Crippen LogP contribution in [-0.4, -0.2) is 34.3 Å². The molecule has 0 bridgehead atoms. The average molecular weight is 392 g/mol. The van der Waals surface area contributed by atoms with E-state index in [-0.39, 0.29) is 5.91 Å². The second-order valence-corrected chi connectivity index (χ2v) is 7.49. The van der Waals surface area contributed by atoms with Crippen LogP contribution in [0, 0.1) is 6.92 Å². The van der Waals surface area contributed by atoms with E-state index in [1.54, 1.807) is 0 Å². The number of amides is 1. The fourth-order valence-electron chi connectivity index (χ4n) is 3.13. The zero-order valence-electron chi connectivity index (χ0n) is 15.0. The van der Waals surface area contributed by atoms with Gasteiger partial charge in [0.05, 0.1) is 27.7 Å². The summed E-state index contributed by atoms with van der Waals surface area (Å²) in [5.74, 6) is 1.09. The van der Waals surface area contributed by atoms with E-state index in [1.807, 2.05) is 37.3 Å². The Morgan fingerprint density at radius 3 is 2.89 bits per heavy atom. The van der Waals surface area contributed by atoms with Crippen molar-refractivity contribution in [1.82, 2.24) is 15.2 Å². The monoisotopic (exact) mass is 392 g/mol. The minimum atomic E-state index is -0.269. The molecule has 0 unspecified atom stereocenters. The Balaban J connectivity index is 1.44. The number of carbonyl (C=O) groups is 1. The van der Waals surface area contributed by atoms with E-state index in [4.69, 9.17) is 9.47 Å². The third-order valence-corrected chi connectivity index (χ3v) is 5.41. The van der Waals surface area contributed by atoms with Crippen LogP contribution in [0.3, 0.4) is 0 Å². The molecule has 5 rings (SSSR count). The van der Waals surface area contributed by atoms with Crippen molar-refractivity contribution in [2.75, 3.05) is 18.5 Å². The summed E-state index contributed by atoms with van der Waals surface area (Å²) < 4.78 is 12.2. The van der Waals surface area contributed by atoms with Gasteiger partial charge in [-0.05, 0) is 42.8 Å². The van der Waals surface area contributed by atoms with Crippen LogP contribution in [0.1, 0.15) is 15.9 Å². The SMILES string of the molecule is Cc1ccc2nc(NC(=O)c3cn[nH]c3-c3ccc4c(c3)OCCO4)sc2c1. The molecule has 2 aromatic heterocycles. The second kappa shape index (κ2) is 6.65. The highest BCUT2D eigenvalue weighted by Crippen LogP contribution is 2.35. The number of thiazole rings is 1. The quantitative estimate of drug-likeness (QED) is 0.550. The van der Waals surface area contributed by atoms with Gasteiger partial charge in [0.15, 0.2) is 16.6 Å². The lowest BCUT2D eigenvalue weighted by Gasteiger charge is -2.18. The number of ether oxygens (including phenoxy) is 2. The number of aromatic amines is 1. The molecule has 140 valence electrons. The maximum atomic E-state index is 12.8.